The average Bonchev–Trinajstić information content (AvgIpc) is 2.85. The minimum atomic E-state index is -0.385. The number of aromatic amines is 1. The number of nitrogens with one attached hydrogen (secondary N) is 3. The summed E-state index contributed by atoms with van der Waals surface area (Å²) in [6, 6.07) is 0. The Kier molecular flexibility index (Phi) is 3.93. The topological polar surface area (TPSA) is 96.7 Å². The van der Waals surface area contributed by atoms with Crippen molar-refractivity contribution in [1.29, 1.82) is 0 Å². The molecule has 0 aliphatic rings. The van der Waals surface area contributed by atoms with Crippen molar-refractivity contribution in [2.45, 2.75) is 6.92 Å². The van der Waals surface area contributed by atoms with Gasteiger partial charge in [0.15, 0.2) is 11.2 Å². The molecule has 2 heterocycles. The maximum Gasteiger partial charge on any atom is 0.332 e. The molecule has 1 unspecified atom stereocenters. The van der Waals surface area contributed by atoms with Gasteiger partial charge in [0.05, 0.1) is 0 Å². The van der Waals surface area contributed by atoms with Crippen molar-refractivity contribution in [3.05, 3.63) is 20.8 Å². The van der Waals surface area contributed by atoms with Crippen LogP contribution in [0.3, 0.4) is 0 Å². The number of nitrogens with zero attached hydrogens (tertiary/aromatic N) is 3. The summed E-state index contributed by atoms with van der Waals surface area (Å²) in [5.74, 6) is 0.918. The smallest absolute Gasteiger partial charge is 0.332 e. The maximum absolute atomic E-state index is 12.0. The first-order valence-electron chi connectivity index (χ1n) is 6.50. The van der Waals surface area contributed by atoms with E-state index in [-0.39, 0.29) is 11.2 Å². The molecule has 2 aromatic heterocycles. The number of anilines is 1. The molecule has 0 aliphatic carbocycles. The van der Waals surface area contributed by atoms with Gasteiger partial charge < -0.3 is 15.6 Å². The van der Waals surface area contributed by atoms with E-state index in [1.165, 1.54) is 11.6 Å². The van der Waals surface area contributed by atoms with E-state index in [9.17, 15) is 9.59 Å². The molecular weight excluding hydrogens is 260 g/mol. The molecule has 8 nitrogen and oxygen atoms in total. The van der Waals surface area contributed by atoms with Crippen molar-refractivity contribution in [2.24, 2.45) is 20.0 Å². The second kappa shape index (κ2) is 5.49. The molecule has 0 spiro atoms. The molecule has 0 aliphatic heterocycles. The zero-order valence-corrected chi connectivity index (χ0v) is 12.1. The normalized spacial score (nSPS) is 12.8. The first kappa shape index (κ1) is 14.3. The SMILES string of the molecule is CNCC(C)CNc1nc2c([nH]1)c(=O)n(C)c(=O)n2C. The van der Waals surface area contributed by atoms with Crippen LogP contribution < -0.4 is 21.9 Å². The van der Waals surface area contributed by atoms with Crippen molar-refractivity contribution in [3.8, 4) is 0 Å². The molecule has 8 heteroatoms. The number of imidazole rings is 1. The van der Waals surface area contributed by atoms with Gasteiger partial charge in [0.2, 0.25) is 5.95 Å². The fourth-order valence-corrected chi connectivity index (χ4v) is 2.10. The van der Waals surface area contributed by atoms with Crippen molar-refractivity contribution in [2.75, 3.05) is 25.5 Å². The Balaban J connectivity index is 2.35. The molecule has 0 fully saturated rings. The van der Waals surface area contributed by atoms with Gasteiger partial charge in [-0.3, -0.25) is 13.9 Å². The fraction of sp³-hybridized carbons (Fsp3) is 0.583. The molecule has 0 amide bonds. The van der Waals surface area contributed by atoms with Crippen LogP contribution in [0.15, 0.2) is 9.59 Å². The highest BCUT2D eigenvalue weighted by molar-refractivity contribution is 5.72. The Hall–Kier alpha value is -2.09. The predicted molar refractivity (Wildman–Crippen MR) is 78.2 cm³/mol. The Morgan fingerprint density at radius 1 is 1.25 bits per heavy atom. The Bertz CT molecular complexity index is 726. The zero-order chi connectivity index (χ0) is 14.9. The third-order valence-corrected chi connectivity index (χ3v) is 3.27. The molecule has 0 saturated carbocycles. The summed E-state index contributed by atoms with van der Waals surface area (Å²) in [6.07, 6.45) is 0. The lowest BCUT2D eigenvalue weighted by Crippen LogP contribution is -2.36. The summed E-state index contributed by atoms with van der Waals surface area (Å²) in [6.45, 7) is 3.70. The largest absolute Gasteiger partial charge is 0.355 e. The lowest BCUT2D eigenvalue weighted by atomic mass is 10.2. The van der Waals surface area contributed by atoms with E-state index in [1.807, 2.05) is 7.05 Å². The average molecular weight is 280 g/mol. The highest BCUT2D eigenvalue weighted by Crippen LogP contribution is 2.08. The van der Waals surface area contributed by atoms with E-state index in [0.717, 1.165) is 17.7 Å². The van der Waals surface area contributed by atoms with E-state index >= 15 is 0 Å². The quantitative estimate of drug-likeness (QED) is 0.668. The van der Waals surface area contributed by atoms with Gasteiger partial charge in [-0.25, -0.2) is 4.79 Å². The van der Waals surface area contributed by atoms with Crippen molar-refractivity contribution in [3.63, 3.8) is 0 Å². The molecule has 2 rings (SSSR count). The summed E-state index contributed by atoms with van der Waals surface area (Å²) in [5, 5.41) is 6.24. The minimum absolute atomic E-state index is 0.332. The Morgan fingerprint density at radius 3 is 2.60 bits per heavy atom. The summed E-state index contributed by atoms with van der Waals surface area (Å²) in [4.78, 5) is 31.0. The Morgan fingerprint density at radius 2 is 1.95 bits per heavy atom. The zero-order valence-electron chi connectivity index (χ0n) is 12.1. The number of hydrogen-bond donors (Lipinski definition) is 3. The second-order valence-corrected chi connectivity index (χ2v) is 5.03. The van der Waals surface area contributed by atoms with Gasteiger partial charge in [0.25, 0.3) is 5.56 Å². The number of rotatable bonds is 5. The van der Waals surface area contributed by atoms with Crippen molar-refractivity contribution in [1.82, 2.24) is 24.4 Å². The highest BCUT2D eigenvalue weighted by Gasteiger charge is 2.13. The van der Waals surface area contributed by atoms with Crippen LogP contribution in [-0.4, -0.2) is 39.2 Å². The fourth-order valence-electron chi connectivity index (χ4n) is 2.10. The van der Waals surface area contributed by atoms with Crippen LogP contribution in [0.25, 0.3) is 11.2 Å². The van der Waals surface area contributed by atoms with E-state index in [0.29, 0.717) is 23.0 Å². The third-order valence-electron chi connectivity index (χ3n) is 3.27. The first-order valence-corrected chi connectivity index (χ1v) is 6.50. The van der Waals surface area contributed by atoms with Crippen LogP contribution in [0, 0.1) is 5.92 Å². The second-order valence-electron chi connectivity index (χ2n) is 5.03. The third kappa shape index (κ3) is 2.46. The molecule has 1 atom stereocenters. The van der Waals surface area contributed by atoms with Gasteiger partial charge in [-0.05, 0) is 19.5 Å². The van der Waals surface area contributed by atoms with E-state index < -0.39 is 0 Å². The lowest BCUT2D eigenvalue weighted by Gasteiger charge is -2.10. The van der Waals surface area contributed by atoms with E-state index in [2.05, 4.69) is 27.5 Å². The van der Waals surface area contributed by atoms with E-state index in [4.69, 9.17) is 0 Å². The molecule has 3 N–H and O–H groups in total. The molecule has 0 saturated heterocycles. The van der Waals surface area contributed by atoms with Gasteiger partial charge in [0, 0.05) is 20.6 Å². The summed E-state index contributed by atoms with van der Waals surface area (Å²) in [5.41, 5.74) is -0.0590. The standard InChI is InChI=1S/C12H20N6O2/c1-7(5-13-2)6-14-11-15-8-9(16-11)17(3)12(20)18(4)10(8)19/h7,13H,5-6H2,1-4H3,(H2,14,15,16). The molecule has 0 radical (unpaired) electrons. The predicted octanol–water partition coefficient (Wildman–Crippen LogP) is -0.772. The summed E-state index contributed by atoms with van der Waals surface area (Å²) < 4.78 is 2.42. The molecule has 0 bridgehead atoms. The van der Waals surface area contributed by atoms with Gasteiger partial charge in [-0.15, -0.1) is 0 Å². The number of hydrogen-bond acceptors (Lipinski definition) is 5. The number of H-pyrrole nitrogens is 1. The lowest BCUT2D eigenvalue weighted by molar-refractivity contribution is 0.568. The Labute approximate surface area is 115 Å². The van der Waals surface area contributed by atoms with Gasteiger partial charge in [-0.2, -0.15) is 4.98 Å². The molecule has 2 aromatic rings. The van der Waals surface area contributed by atoms with Crippen molar-refractivity contribution < 1.29 is 0 Å². The van der Waals surface area contributed by atoms with Crippen LogP contribution in [0.1, 0.15) is 6.92 Å². The van der Waals surface area contributed by atoms with Gasteiger partial charge >= 0.3 is 5.69 Å². The maximum atomic E-state index is 12.0. The summed E-state index contributed by atoms with van der Waals surface area (Å²) in [7, 11) is 4.95. The number of aryl methyl sites for hydroxylation is 1. The van der Waals surface area contributed by atoms with Gasteiger partial charge in [-0.1, -0.05) is 6.92 Å². The van der Waals surface area contributed by atoms with Crippen LogP contribution >= 0.6 is 0 Å². The van der Waals surface area contributed by atoms with Crippen LogP contribution in [-0.2, 0) is 14.1 Å². The van der Waals surface area contributed by atoms with Crippen LogP contribution in [0.5, 0.6) is 0 Å². The van der Waals surface area contributed by atoms with Crippen LogP contribution in [0.4, 0.5) is 5.95 Å². The van der Waals surface area contributed by atoms with Crippen molar-refractivity contribution >= 4 is 17.1 Å². The van der Waals surface area contributed by atoms with Gasteiger partial charge in [0.1, 0.15) is 0 Å². The minimum Gasteiger partial charge on any atom is -0.355 e. The number of aromatic nitrogens is 4. The summed E-state index contributed by atoms with van der Waals surface area (Å²) >= 11 is 0. The molecular formula is C12H20N6O2. The number of fused-ring (bicyclic) bond motifs is 1. The highest BCUT2D eigenvalue weighted by atomic mass is 16.2. The monoisotopic (exact) mass is 280 g/mol. The molecule has 0 aromatic carbocycles. The first-order chi connectivity index (χ1) is 9.45. The molecule has 20 heavy (non-hydrogen) atoms. The van der Waals surface area contributed by atoms with E-state index in [1.54, 1.807) is 7.05 Å². The van der Waals surface area contributed by atoms with Crippen LogP contribution in [0.2, 0.25) is 0 Å². The molecule has 110 valence electrons.